The van der Waals surface area contributed by atoms with Crippen LogP contribution in [0.2, 0.25) is 0 Å². The molecule has 0 bridgehead atoms. The Morgan fingerprint density at radius 2 is 1.92 bits per heavy atom. The number of benzene rings is 1. The molecule has 5 nitrogen and oxygen atoms in total. The molecule has 0 aliphatic carbocycles. The molecule has 1 aromatic carbocycles. The maximum absolute atomic E-state index is 12.3. The summed E-state index contributed by atoms with van der Waals surface area (Å²) in [7, 11) is -3.56. The van der Waals surface area contributed by atoms with Crippen molar-refractivity contribution in [3.05, 3.63) is 63.3 Å². The first-order valence-corrected chi connectivity index (χ1v) is 11.5. The van der Waals surface area contributed by atoms with Crippen LogP contribution in [0.25, 0.3) is 10.6 Å². The Hall–Kier alpha value is -2.03. The lowest BCUT2D eigenvalue weighted by Crippen LogP contribution is -2.30. The molecule has 0 radical (unpaired) electrons. The van der Waals surface area contributed by atoms with Crippen LogP contribution in [0.4, 0.5) is 0 Å². The molecule has 3 rings (SSSR count). The maximum atomic E-state index is 12.3. The average molecular weight is 407 g/mol. The average Bonchev–Trinajstić information content (AvgIpc) is 3.24. The largest absolute Gasteiger partial charge is 0.350 e. The van der Waals surface area contributed by atoms with Crippen molar-refractivity contribution in [2.75, 3.05) is 5.75 Å². The molecular formula is C18H18N2O3S3. The Balaban J connectivity index is 1.58. The van der Waals surface area contributed by atoms with Crippen molar-refractivity contribution in [1.82, 2.24) is 10.3 Å². The molecule has 1 amide bonds. The number of hydrogen-bond donors (Lipinski definition) is 1. The number of aryl methyl sites for hydroxylation is 1. The van der Waals surface area contributed by atoms with Crippen LogP contribution in [0.1, 0.15) is 16.1 Å². The van der Waals surface area contributed by atoms with Gasteiger partial charge in [-0.05, 0) is 18.4 Å². The van der Waals surface area contributed by atoms with Crippen LogP contribution in [-0.4, -0.2) is 25.1 Å². The Morgan fingerprint density at radius 1 is 1.15 bits per heavy atom. The van der Waals surface area contributed by atoms with Gasteiger partial charge in [-0.15, -0.1) is 22.7 Å². The van der Waals surface area contributed by atoms with Gasteiger partial charge in [-0.2, -0.15) is 0 Å². The van der Waals surface area contributed by atoms with E-state index in [1.807, 2.05) is 48.7 Å². The molecule has 0 unspecified atom stereocenters. The normalized spacial score (nSPS) is 11.4. The third-order valence-electron chi connectivity index (χ3n) is 3.61. The minimum absolute atomic E-state index is 0.234. The molecule has 0 aliphatic heterocycles. The number of thiazole rings is 1. The number of nitrogens with zero attached hydrogens (tertiary/aromatic N) is 1. The second-order valence-corrected chi connectivity index (χ2v) is 9.85. The Bertz CT molecular complexity index is 975. The van der Waals surface area contributed by atoms with E-state index < -0.39 is 21.5 Å². The molecular weight excluding hydrogens is 388 g/mol. The van der Waals surface area contributed by atoms with Crippen LogP contribution in [0.3, 0.4) is 0 Å². The van der Waals surface area contributed by atoms with Crippen molar-refractivity contribution in [2.45, 2.75) is 19.2 Å². The zero-order valence-corrected chi connectivity index (χ0v) is 16.6. The van der Waals surface area contributed by atoms with Gasteiger partial charge < -0.3 is 5.32 Å². The Kier molecular flexibility index (Phi) is 5.85. The molecule has 2 aromatic heterocycles. The molecule has 136 valence electrons. The number of amides is 1. The second kappa shape index (κ2) is 8.11. The first-order valence-electron chi connectivity index (χ1n) is 7.92. The van der Waals surface area contributed by atoms with Crippen LogP contribution in [0.5, 0.6) is 0 Å². The molecule has 0 spiro atoms. The molecule has 3 aromatic rings. The highest BCUT2D eigenvalue weighted by atomic mass is 32.2. The van der Waals surface area contributed by atoms with E-state index in [-0.39, 0.29) is 5.75 Å². The predicted octanol–water partition coefficient (Wildman–Crippen LogP) is 3.41. The first kappa shape index (κ1) is 18.8. The smallest absolute Gasteiger partial charge is 0.235 e. The highest BCUT2D eigenvalue weighted by Crippen LogP contribution is 2.24. The number of aromatic nitrogens is 1. The lowest BCUT2D eigenvalue weighted by atomic mass is 10.2. The quantitative estimate of drug-likeness (QED) is 0.652. The van der Waals surface area contributed by atoms with Crippen molar-refractivity contribution in [1.29, 1.82) is 0 Å². The van der Waals surface area contributed by atoms with Gasteiger partial charge in [-0.1, -0.05) is 35.9 Å². The van der Waals surface area contributed by atoms with Gasteiger partial charge in [-0.3, -0.25) is 4.79 Å². The topological polar surface area (TPSA) is 76.1 Å². The molecule has 1 N–H and O–H groups in total. The van der Waals surface area contributed by atoms with E-state index in [1.54, 1.807) is 5.38 Å². The van der Waals surface area contributed by atoms with Crippen molar-refractivity contribution >= 4 is 38.4 Å². The zero-order valence-electron chi connectivity index (χ0n) is 14.1. The summed E-state index contributed by atoms with van der Waals surface area (Å²) in [5.74, 6) is -1.26. The van der Waals surface area contributed by atoms with E-state index in [1.165, 1.54) is 22.7 Å². The summed E-state index contributed by atoms with van der Waals surface area (Å²) in [6.07, 6.45) is 0. The summed E-state index contributed by atoms with van der Waals surface area (Å²) in [6, 6.07) is 11.7. The number of sulfone groups is 1. The second-order valence-electron chi connectivity index (χ2n) is 5.90. The number of carbonyl (C=O) groups is 1. The van der Waals surface area contributed by atoms with Gasteiger partial charge in [0, 0.05) is 15.8 Å². The molecule has 0 atom stereocenters. The van der Waals surface area contributed by atoms with E-state index in [0.717, 1.165) is 21.0 Å². The number of hydrogen-bond acceptors (Lipinski definition) is 6. The lowest BCUT2D eigenvalue weighted by molar-refractivity contribution is -0.118. The van der Waals surface area contributed by atoms with E-state index >= 15 is 0 Å². The van der Waals surface area contributed by atoms with Gasteiger partial charge in [0.1, 0.15) is 10.8 Å². The summed E-state index contributed by atoms with van der Waals surface area (Å²) in [4.78, 5) is 17.3. The highest BCUT2D eigenvalue weighted by Gasteiger charge is 2.19. The minimum atomic E-state index is -3.56. The molecule has 0 aliphatic rings. The van der Waals surface area contributed by atoms with Crippen molar-refractivity contribution in [3.63, 3.8) is 0 Å². The number of carbonyl (C=O) groups excluding carboxylic acids is 1. The van der Waals surface area contributed by atoms with E-state index in [9.17, 15) is 13.2 Å². The maximum Gasteiger partial charge on any atom is 0.235 e. The number of nitrogens with one attached hydrogen (secondary N) is 1. The molecule has 26 heavy (non-hydrogen) atoms. The third-order valence-corrected chi connectivity index (χ3v) is 6.86. The fourth-order valence-electron chi connectivity index (χ4n) is 2.33. The van der Waals surface area contributed by atoms with E-state index in [2.05, 4.69) is 10.3 Å². The fraction of sp³-hybridized carbons (Fsp3) is 0.222. The molecule has 0 fully saturated rings. The number of rotatable bonds is 7. The lowest BCUT2D eigenvalue weighted by Gasteiger charge is -2.04. The van der Waals surface area contributed by atoms with Crippen molar-refractivity contribution < 1.29 is 13.2 Å². The van der Waals surface area contributed by atoms with Crippen LogP contribution in [0.15, 0.2) is 47.2 Å². The van der Waals surface area contributed by atoms with Gasteiger partial charge in [0.2, 0.25) is 5.91 Å². The van der Waals surface area contributed by atoms with Crippen LogP contribution in [0, 0.1) is 6.92 Å². The van der Waals surface area contributed by atoms with E-state index in [4.69, 9.17) is 0 Å². The van der Waals surface area contributed by atoms with Crippen molar-refractivity contribution in [2.24, 2.45) is 0 Å². The van der Waals surface area contributed by atoms with Crippen LogP contribution < -0.4 is 5.32 Å². The van der Waals surface area contributed by atoms with E-state index in [0.29, 0.717) is 12.2 Å². The summed E-state index contributed by atoms with van der Waals surface area (Å²) in [5, 5.41) is 7.05. The monoisotopic (exact) mass is 406 g/mol. The molecule has 0 saturated heterocycles. The Labute approximate surface area is 160 Å². The van der Waals surface area contributed by atoms with Gasteiger partial charge in [0.05, 0.1) is 18.0 Å². The van der Waals surface area contributed by atoms with Gasteiger partial charge in [0.15, 0.2) is 9.84 Å². The fourth-order valence-corrected chi connectivity index (χ4v) is 5.11. The first-order chi connectivity index (χ1) is 12.4. The van der Waals surface area contributed by atoms with Gasteiger partial charge in [0.25, 0.3) is 0 Å². The highest BCUT2D eigenvalue weighted by molar-refractivity contribution is 7.91. The molecule has 2 heterocycles. The molecule has 0 saturated carbocycles. The summed E-state index contributed by atoms with van der Waals surface area (Å²) < 4.78 is 24.5. The standard InChI is InChI=1S/C18H18N2O3S3/c1-13-4-6-14(7-5-13)18-20-15(10-25-18)11-26(22,23)12-17(21)19-9-16-3-2-8-24-16/h2-8,10H,9,11-12H2,1H3,(H,19,21). The Morgan fingerprint density at radius 3 is 2.62 bits per heavy atom. The number of thiophene rings is 1. The summed E-state index contributed by atoms with van der Waals surface area (Å²) in [6.45, 7) is 2.35. The van der Waals surface area contributed by atoms with Crippen LogP contribution >= 0.6 is 22.7 Å². The van der Waals surface area contributed by atoms with Gasteiger partial charge >= 0.3 is 0 Å². The SMILES string of the molecule is Cc1ccc(-c2nc(CS(=O)(=O)CC(=O)NCc3cccs3)cs2)cc1. The third kappa shape index (κ3) is 5.23. The van der Waals surface area contributed by atoms with Crippen molar-refractivity contribution in [3.8, 4) is 10.6 Å². The predicted molar refractivity (Wildman–Crippen MR) is 106 cm³/mol. The van der Waals surface area contributed by atoms with Crippen LogP contribution in [-0.2, 0) is 26.9 Å². The summed E-state index contributed by atoms with van der Waals surface area (Å²) in [5.41, 5.74) is 2.58. The summed E-state index contributed by atoms with van der Waals surface area (Å²) >= 11 is 2.92. The van der Waals surface area contributed by atoms with Gasteiger partial charge in [-0.25, -0.2) is 13.4 Å². The molecule has 8 heteroatoms. The zero-order chi connectivity index (χ0) is 18.6. The minimum Gasteiger partial charge on any atom is -0.350 e.